The Morgan fingerprint density at radius 1 is 1.32 bits per heavy atom. The van der Waals surface area contributed by atoms with Gasteiger partial charge in [-0.05, 0) is 45.8 Å². The van der Waals surface area contributed by atoms with E-state index in [9.17, 15) is 0 Å². The van der Waals surface area contributed by atoms with Crippen LogP contribution in [-0.2, 0) is 6.54 Å². The van der Waals surface area contributed by atoms with Gasteiger partial charge in [-0.25, -0.2) is 4.98 Å². The van der Waals surface area contributed by atoms with Crippen molar-refractivity contribution < 1.29 is 4.74 Å². The van der Waals surface area contributed by atoms with Gasteiger partial charge in [-0.15, -0.1) is 0 Å². The number of aromatic nitrogens is 1. The van der Waals surface area contributed by atoms with E-state index in [1.807, 2.05) is 12.1 Å². The van der Waals surface area contributed by atoms with Gasteiger partial charge in [0.15, 0.2) is 0 Å². The lowest BCUT2D eigenvalue weighted by Crippen LogP contribution is -2.39. The maximum Gasteiger partial charge on any atom is 0.213 e. The second-order valence-electron chi connectivity index (χ2n) is 5.38. The van der Waals surface area contributed by atoms with Crippen LogP contribution < -0.4 is 10.1 Å². The summed E-state index contributed by atoms with van der Waals surface area (Å²) in [6.07, 6.45) is 5.09. The highest BCUT2D eigenvalue weighted by Gasteiger charge is 2.23. The number of nitrogens with zero attached hydrogens (tertiary/aromatic N) is 2. The van der Waals surface area contributed by atoms with Crippen molar-refractivity contribution in [2.45, 2.75) is 44.3 Å². The van der Waals surface area contributed by atoms with Crippen LogP contribution in [0.15, 0.2) is 18.2 Å². The fourth-order valence-electron chi connectivity index (χ4n) is 2.85. The molecule has 0 atom stereocenters. The van der Waals surface area contributed by atoms with Gasteiger partial charge in [0.2, 0.25) is 5.88 Å². The highest BCUT2D eigenvalue weighted by Crippen LogP contribution is 2.23. The van der Waals surface area contributed by atoms with Gasteiger partial charge >= 0.3 is 0 Å². The van der Waals surface area contributed by atoms with Gasteiger partial charge in [-0.1, -0.05) is 6.07 Å². The van der Waals surface area contributed by atoms with E-state index in [0.29, 0.717) is 18.0 Å². The summed E-state index contributed by atoms with van der Waals surface area (Å²) in [6.45, 7) is 0.895. The Morgan fingerprint density at radius 3 is 2.68 bits per heavy atom. The van der Waals surface area contributed by atoms with E-state index >= 15 is 0 Å². The largest absolute Gasteiger partial charge is 0.481 e. The number of methoxy groups -OCH3 is 1. The Hall–Kier alpha value is -1.13. The first kappa shape index (κ1) is 14.3. The fourth-order valence-corrected chi connectivity index (χ4v) is 2.85. The van der Waals surface area contributed by atoms with Gasteiger partial charge in [0, 0.05) is 24.7 Å². The molecule has 1 fully saturated rings. The standard InChI is InChI=1S/C15H25N3O/c1-16-12-7-9-14(10-8-12)18(2)11-13-5-4-6-15(17-13)19-3/h4-6,12,14,16H,7-11H2,1-3H3. The molecule has 2 rings (SSSR count). The quantitative estimate of drug-likeness (QED) is 0.882. The summed E-state index contributed by atoms with van der Waals surface area (Å²) in [7, 11) is 5.93. The fraction of sp³-hybridized carbons (Fsp3) is 0.667. The predicted octanol–water partition coefficient (Wildman–Crippen LogP) is 2.05. The van der Waals surface area contributed by atoms with Gasteiger partial charge in [-0.3, -0.25) is 4.90 Å². The summed E-state index contributed by atoms with van der Waals surface area (Å²) in [6, 6.07) is 7.35. The predicted molar refractivity (Wildman–Crippen MR) is 77.4 cm³/mol. The Bertz CT molecular complexity index is 389. The first-order valence-corrected chi connectivity index (χ1v) is 7.10. The molecule has 19 heavy (non-hydrogen) atoms. The molecule has 0 spiro atoms. The summed E-state index contributed by atoms with van der Waals surface area (Å²) in [5.74, 6) is 0.699. The zero-order chi connectivity index (χ0) is 13.7. The zero-order valence-electron chi connectivity index (χ0n) is 12.2. The average molecular weight is 263 g/mol. The molecule has 1 N–H and O–H groups in total. The van der Waals surface area contributed by atoms with Crippen LogP contribution in [0.2, 0.25) is 0 Å². The van der Waals surface area contributed by atoms with Crippen molar-refractivity contribution in [3.63, 3.8) is 0 Å². The van der Waals surface area contributed by atoms with E-state index in [-0.39, 0.29) is 0 Å². The lowest BCUT2D eigenvalue weighted by molar-refractivity contribution is 0.168. The van der Waals surface area contributed by atoms with Crippen LogP contribution in [0.1, 0.15) is 31.4 Å². The van der Waals surface area contributed by atoms with Crippen LogP contribution in [0, 0.1) is 0 Å². The topological polar surface area (TPSA) is 37.4 Å². The van der Waals surface area contributed by atoms with E-state index in [2.05, 4.69) is 35.4 Å². The van der Waals surface area contributed by atoms with E-state index in [1.54, 1.807) is 7.11 Å². The molecule has 1 aliphatic rings. The zero-order valence-corrected chi connectivity index (χ0v) is 12.2. The molecular formula is C15H25N3O. The maximum absolute atomic E-state index is 5.17. The molecule has 4 nitrogen and oxygen atoms in total. The smallest absolute Gasteiger partial charge is 0.213 e. The van der Waals surface area contributed by atoms with E-state index in [4.69, 9.17) is 4.74 Å². The van der Waals surface area contributed by atoms with Gasteiger partial charge in [0.1, 0.15) is 0 Å². The minimum atomic E-state index is 0.678. The molecular weight excluding hydrogens is 238 g/mol. The SMILES string of the molecule is CNC1CCC(N(C)Cc2cccc(OC)n2)CC1. The van der Waals surface area contributed by atoms with E-state index in [1.165, 1.54) is 25.7 Å². The van der Waals surface area contributed by atoms with Gasteiger partial charge < -0.3 is 10.1 Å². The Labute approximate surface area is 116 Å². The molecule has 1 saturated carbocycles. The monoisotopic (exact) mass is 263 g/mol. The van der Waals surface area contributed by atoms with Crippen LogP contribution >= 0.6 is 0 Å². The van der Waals surface area contributed by atoms with Crippen LogP contribution in [0.5, 0.6) is 5.88 Å². The Kier molecular flexibility index (Phi) is 5.16. The van der Waals surface area contributed by atoms with Crippen LogP contribution in [0.3, 0.4) is 0 Å². The van der Waals surface area contributed by atoms with Crippen LogP contribution in [-0.4, -0.2) is 43.2 Å². The third-order valence-corrected chi connectivity index (χ3v) is 4.13. The highest BCUT2D eigenvalue weighted by atomic mass is 16.5. The second-order valence-corrected chi connectivity index (χ2v) is 5.38. The molecule has 106 valence electrons. The Balaban J connectivity index is 1.88. The first-order valence-electron chi connectivity index (χ1n) is 7.10. The van der Waals surface area contributed by atoms with Crippen molar-refractivity contribution >= 4 is 0 Å². The van der Waals surface area contributed by atoms with Gasteiger partial charge in [-0.2, -0.15) is 0 Å². The molecule has 0 bridgehead atoms. The van der Waals surface area contributed by atoms with Gasteiger partial charge in [0.25, 0.3) is 0 Å². The molecule has 0 unspecified atom stereocenters. The number of ether oxygens (including phenoxy) is 1. The average Bonchev–Trinajstić information content (AvgIpc) is 2.47. The normalized spacial score (nSPS) is 23.6. The molecule has 0 aliphatic heterocycles. The number of rotatable bonds is 5. The third-order valence-electron chi connectivity index (χ3n) is 4.13. The van der Waals surface area contributed by atoms with E-state index in [0.717, 1.165) is 12.2 Å². The first-order chi connectivity index (χ1) is 9.22. The minimum absolute atomic E-state index is 0.678. The van der Waals surface area contributed by atoms with Crippen molar-refractivity contribution in [1.82, 2.24) is 15.2 Å². The van der Waals surface area contributed by atoms with Crippen molar-refractivity contribution in [2.75, 3.05) is 21.2 Å². The van der Waals surface area contributed by atoms with Crippen molar-refractivity contribution in [3.8, 4) is 5.88 Å². The molecule has 1 aromatic heterocycles. The summed E-state index contributed by atoms with van der Waals surface area (Å²) in [5, 5.41) is 3.38. The second kappa shape index (κ2) is 6.87. The third kappa shape index (κ3) is 3.91. The summed E-state index contributed by atoms with van der Waals surface area (Å²) in [5.41, 5.74) is 1.08. The minimum Gasteiger partial charge on any atom is -0.481 e. The maximum atomic E-state index is 5.17. The van der Waals surface area contributed by atoms with Gasteiger partial charge in [0.05, 0.1) is 12.8 Å². The summed E-state index contributed by atoms with van der Waals surface area (Å²) < 4.78 is 5.17. The molecule has 1 aromatic rings. The summed E-state index contributed by atoms with van der Waals surface area (Å²) in [4.78, 5) is 6.91. The highest BCUT2D eigenvalue weighted by molar-refractivity contribution is 5.15. The lowest BCUT2D eigenvalue weighted by Gasteiger charge is -2.34. The molecule has 1 aliphatic carbocycles. The number of hydrogen-bond acceptors (Lipinski definition) is 4. The Morgan fingerprint density at radius 2 is 2.05 bits per heavy atom. The van der Waals surface area contributed by atoms with Crippen LogP contribution in [0.25, 0.3) is 0 Å². The molecule has 4 heteroatoms. The lowest BCUT2D eigenvalue weighted by atomic mass is 9.90. The van der Waals surface area contributed by atoms with Crippen molar-refractivity contribution in [3.05, 3.63) is 23.9 Å². The van der Waals surface area contributed by atoms with Crippen molar-refractivity contribution in [1.29, 1.82) is 0 Å². The van der Waals surface area contributed by atoms with Crippen molar-refractivity contribution in [2.24, 2.45) is 0 Å². The molecule has 0 radical (unpaired) electrons. The molecule has 1 heterocycles. The van der Waals surface area contributed by atoms with Crippen LogP contribution in [0.4, 0.5) is 0 Å². The summed E-state index contributed by atoms with van der Waals surface area (Å²) >= 11 is 0. The molecule has 0 saturated heterocycles. The molecule has 0 amide bonds. The van der Waals surface area contributed by atoms with E-state index < -0.39 is 0 Å². The number of pyridine rings is 1. The molecule has 0 aromatic carbocycles. The number of hydrogen-bond donors (Lipinski definition) is 1. The number of nitrogens with one attached hydrogen (secondary N) is 1.